The highest BCUT2D eigenvalue weighted by atomic mass is 16.5. The summed E-state index contributed by atoms with van der Waals surface area (Å²) in [4.78, 5) is 0. The lowest BCUT2D eigenvalue weighted by Gasteiger charge is -2.15. The molecule has 0 aromatic heterocycles. The molecule has 1 atom stereocenters. The van der Waals surface area contributed by atoms with Gasteiger partial charge in [0.2, 0.25) is 0 Å². The second kappa shape index (κ2) is 5.05. The summed E-state index contributed by atoms with van der Waals surface area (Å²) in [7, 11) is 1.69. The molecule has 0 saturated carbocycles. The Balaban J connectivity index is 2.30. The van der Waals surface area contributed by atoms with Crippen LogP contribution in [0.2, 0.25) is 0 Å². The first-order chi connectivity index (χ1) is 8.22. The van der Waals surface area contributed by atoms with Crippen molar-refractivity contribution in [2.45, 2.75) is 19.8 Å². The van der Waals surface area contributed by atoms with Crippen molar-refractivity contribution < 1.29 is 4.74 Å². The van der Waals surface area contributed by atoms with Crippen molar-refractivity contribution in [2.24, 2.45) is 0 Å². The average molecular weight is 226 g/mol. The molecular formula is C16H18O. The van der Waals surface area contributed by atoms with E-state index < -0.39 is 0 Å². The van der Waals surface area contributed by atoms with Crippen LogP contribution < -0.4 is 4.74 Å². The van der Waals surface area contributed by atoms with E-state index in [1.165, 1.54) is 16.7 Å². The van der Waals surface area contributed by atoms with Gasteiger partial charge in [0, 0.05) is 5.92 Å². The minimum absolute atomic E-state index is 0.419. The molecule has 0 fully saturated rings. The van der Waals surface area contributed by atoms with Crippen molar-refractivity contribution in [1.82, 2.24) is 0 Å². The summed E-state index contributed by atoms with van der Waals surface area (Å²) in [6, 6.07) is 16.8. The molecule has 0 aliphatic heterocycles. The minimum atomic E-state index is 0.419. The van der Waals surface area contributed by atoms with Gasteiger partial charge in [-0.15, -0.1) is 0 Å². The Morgan fingerprint density at radius 1 is 0.941 bits per heavy atom. The van der Waals surface area contributed by atoms with Crippen LogP contribution in [0.15, 0.2) is 48.5 Å². The SMILES string of the molecule is COc1ccc(C(C)c2ccccc2C)cc1. The maximum atomic E-state index is 5.18. The zero-order chi connectivity index (χ0) is 12.3. The summed E-state index contributed by atoms with van der Waals surface area (Å²) in [5, 5.41) is 0. The number of methoxy groups -OCH3 is 1. The third-order valence-corrected chi connectivity index (χ3v) is 3.27. The fourth-order valence-electron chi connectivity index (χ4n) is 2.14. The number of ether oxygens (including phenoxy) is 1. The Labute approximate surface area is 103 Å². The lowest BCUT2D eigenvalue weighted by molar-refractivity contribution is 0.414. The number of rotatable bonds is 3. The molecule has 17 heavy (non-hydrogen) atoms. The third kappa shape index (κ3) is 2.50. The Hall–Kier alpha value is -1.76. The fraction of sp³-hybridized carbons (Fsp3) is 0.250. The molecule has 2 rings (SSSR count). The molecule has 0 bridgehead atoms. The van der Waals surface area contributed by atoms with E-state index in [1.54, 1.807) is 7.11 Å². The van der Waals surface area contributed by atoms with Gasteiger partial charge in [-0.3, -0.25) is 0 Å². The van der Waals surface area contributed by atoms with Gasteiger partial charge in [0.15, 0.2) is 0 Å². The molecule has 0 spiro atoms. The number of benzene rings is 2. The molecule has 2 aromatic carbocycles. The Morgan fingerprint density at radius 3 is 2.18 bits per heavy atom. The van der Waals surface area contributed by atoms with Crippen LogP contribution in [0.25, 0.3) is 0 Å². The fourth-order valence-corrected chi connectivity index (χ4v) is 2.14. The van der Waals surface area contributed by atoms with Crippen molar-refractivity contribution in [3.63, 3.8) is 0 Å². The van der Waals surface area contributed by atoms with E-state index in [2.05, 4.69) is 50.2 Å². The number of hydrogen-bond donors (Lipinski definition) is 0. The molecule has 88 valence electrons. The van der Waals surface area contributed by atoms with E-state index in [4.69, 9.17) is 4.74 Å². The van der Waals surface area contributed by atoms with Crippen molar-refractivity contribution in [3.05, 3.63) is 65.2 Å². The van der Waals surface area contributed by atoms with E-state index >= 15 is 0 Å². The third-order valence-electron chi connectivity index (χ3n) is 3.27. The summed E-state index contributed by atoms with van der Waals surface area (Å²) < 4.78 is 5.18. The van der Waals surface area contributed by atoms with Crippen LogP contribution in [0.4, 0.5) is 0 Å². The van der Waals surface area contributed by atoms with Crippen LogP contribution in [-0.4, -0.2) is 7.11 Å². The first kappa shape index (κ1) is 11.7. The molecule has 0 radical (unpaired) electrons. The van der Waals surface area contributed by atoms with Gasteiger partial charge in [-0.1, -0.05) is 43.3 Å². The van der Waals surface area contributed by atoms with Crippen molar-refractivity contribution in [3.8, 4) is 5.75 Å². The summed E-state index contributed by atoms with van der Waals surface area (Å²) >= 11 is 0. The van der Waals surface area contributed by atoms with Gasteiger partial charge in [-0.25, -0.2) is 0 Å². The van der Waals surface area contributed by atoms with Gasteiger partial charge in [-0.2, -0.15) is 0 Å². The molecule has 2 aromatic rings. The highest BCUT2D eigenvalue weighted by Crippen LogP contribution is 2.27. The molecule has 0 N–H and O–H groups in total. The Kier molecular flexibility index (Phi) is 3.48. The maximum Gasteiger partial charge on any atom is 0.118 e. The summed E-state index contributed by atoms with van der Waals surface area (Å²) in [6.45, 7) is 4.40. The Morgan fingerprint density at radius 2 is 1.59 bits per heavy atom. The van der Waals surface area contributed by atoms with Crippen LogP contribution in [0, 0.1) is 6.92 Å². The van der Waals surface area contributed by atoms with Crippen LogP contribution in [-0.2, 0) is 0 Å². The normalized spacial score (nSPS) is 12.2. The van der Waals surface area contributed by atoms with E-state index in [9.17, 15) is 0 Å². The lowest BCUT2D eigenvalue weighted by Crippen LogP contribution is -1.98. The molecule has 1 unspecified atom stereocenters. The predicted molar refractivity (Wildman–Crippen MR) is 71.7 cm³/mol. The summed E-state index contributed by atoms with van der Waals surface area (Å²) in [5.74, 6) is 1.33. The smallest absolute Gasteiger partial charge is 0.118 e. The van der Waals surface area contributed by atoms with Gasteiger partial charge in [0.05, 0.1) is 7.11 Å². The second-order valence-corrected chi connectivity index (χ2v) is 4.35. The van der Waals surface area contributed by atoms with Gasteiger partial charge in [0.1, 0.15) is 5.75 Å². The second-order valence-electron chi connectivity index (χ2n) is 4.35. The van der Waals surface area contributed by atoms with Crippen LogP contribution in [0.3, 0.4) is 0 Å². The molecule has 0 saturated heterocycles. The first-order valence-corrected chi connectivity index (χ1v) is 5.92. The van der Waals surface area contributed by atoms with Crippen molar-refractivity contribution in [2.75, 3.05) is 7.11 Å². The zero-order valence-corrected chi connectivity index (χ0v) is 10.6. The molecule has 0 aliphatic rings. The lowest BCUT2D eigenvalue weighted by atomic mass is 9.90. The largest absolute Gasteiger partial charge is 0.497 e. The first-order valence-electron chi connectivity index (χ1n) is 5.92. The monoisotopic (exact) mass is 226 g/mol. The molecule has 0 heterocycles. The number of aryl methyl sites for hydroxylation is 1. The van der Waals surface area contributed by atoms with Gasteiger partial charge in [0.25, 0.3) is 0 Å². The van der Waals surface area contributed by atoms with Crippen LogP contribution in [0.1, 0.15) is 29.5 Å². The molecule has 1 heteroatoms. The summed E-state index contributed by atoms with van der Waals surface area (Å²) in [5.41, 5.74) is 4.05. The highest BCUT2D eigenvalue weighted by Gasteiger charge is 2.10. The predicted octanol–water partition coefficient (Wildman–Crippen LogP) is 4.16. The molecule has 0 amide bonds. The zero-order valence-electron chi connectivity index (χ0n) is 10.6. The molecular weight excluding hydrogens is 208 g/mol. The van der Waals surface area contributed by atoms with Gasteiger partial charge >= 0.3 is 0 Å². The van der Waals surface area contributed by atoms with E-state index in [1.807, 2.05) is 12.1 Å². The van der Waals surface area contributed by atoms with Gasteiger partial charge < -0.3 is 4.74 Å². The van der Waals surface area contributed by atoms with Crippen molar-refractivity contribution >= 4 is 0 Å². The van der Waals surface area contributed by atoms with Crippen LogP contribution >= 0.6 is 0 Å². The standard InChI is InChI=1S/C16H18O/c1-12-6-4-5-7-16(12)13(2)14-8-10-15(17-3)11-9-14/h4-11,13H,1-3H3. The highest BCUT2D eigenvalue weighted by molar-refractivity contribution is 5.38. The van der Waals surface area contributed by atoms with E-state index in [-0.39, 0.29) is 0 Å². The summed E-state index contributed by atoms with van der Waals surface area (Å²) in [6.07, 6.45) is 0. The number of hydrogen-bond acceptors (Lipinski definition) is 1. The van der Waals surface area contributed by atoms with E-state index in [0.717, 1.165) is 5.75 Å². The van der Waals surface area contributed by atoms with E-state index in [0.29, 0.717) is 5.92 Å². The molecule has 0 aliphatic carbocycles. The quantitative estimate of drug-likeness (QED) is 0.763. The maximum absolute atomic E-state index is 5.18. The minimum Gasteiger partial charge on any atom is -0.497 e. The Bertz CT molecular complexity index is 485. The van der Waals surface area contributed by atoms with Crippen molar-refractivity contribution in [1.29, 1.82) is 0 Å². The van der Waals surface area contributed by atoms with Crippen LogP contribution in [0.5, 0.6) is 5.75 Å². The molecule has 1 nitrogen and oxygen atoms in total. The average Bonchev–Trinajstić information content (AvgIpc) is 2.39. The van der Waals surface area contributed by atoms with Gasteiger partial charge in [-0.05, 0) is 35.7 Å². The topological polar surface area (TPSA) is 9.23 Å².